The van der Waals surface area contributed by atoms with Gasteiger partial charge in [-0.25, -0.2) is 4.98 Å². The molecular weight excluding hydrogens is 246 g/mol. The molecule has 98 valence electrons. The topological polar surface area (TPSA) is 55.6 Å². The van der Waals surface area contributed by atoms with Crippen LogP contribution in [0.1, 0.15) is 37.5 Å². The van der Waals surface area contributed by atoms with E-state index in [2.05, 4.69) is 38.9 Å². The lowest BCUT2D eigenvalue weighted by atomic mass is 10.4. The molecule has 0 fully saturated rings. The monoisotopic (exact) mass is 265 g/mol. The zero-order valence-electron chi connectivity index (χ0n) is 10.9. The molecule has 0 aliphatic carbocycles. The molecule has 5 nitrogen and oxygen atoms in total. The maximum Gasteiger partial charge on any atom is 0.205 e. The molecule has 0 saturated heterocycles. The first-order valence-corrected chi connectivity index (χ1v) is 7.21. The van der Waals surface area contributed by atoms with Gasteiger partial charge in [-0.3, -0.25) is 0 Å². The van der Waals surface area contributed by atoms with Gasteiger partial charge in [0.15, 0.2) is 0 Å². The number of hydrogen-bond donors (Lipinski definition) is 1. The van der Waals surface area contributed by atoms with Crippen LogP contribution in [0.3, 0.4) is 0 Å². The zero-order chi connectivity index (χ0) is 12.8. The average Bonchev–Trinajstić information content (AvgIpc) is 2.98. The fourth-order valence-electron chi connectivity index (χ4n) is 1.72. The van der Waals surface area contributed by atoms with Crippen LogP contribution in [-0.4, -0.2) is 26.3 Å². The summed E-state index contributed by atoms with van der Waals surface area (Å²) in [5.74, 6) is 1.06. The molecule has 2 heterocycles. The van der Waals surface area contributed by atoms with Crippen LogP contribution in [0.2, 0.25) is 0 Å². The lowest BCUT2D eigenvalue weighted by Crippen LogP contribution is -2.03. The number of hydrogen-bond acceptors (Lipinski definition) is 5. The fraction of sp³-hybridized carbons (Fsp3) is 0.583. The molecule has 0 radical (unpaired) electrons. The van der Waals surface area contributed by atoms with Gasteiger partial charge in [-0.15, -0.1) is 10.2 Å². The summed E-state index contributed by atoms with van der Waals surface area (Å²) in [5, 5.41) is 13.5. The van der Waals surface area contributed by atoms with Gasteiger partial charge in [0, 0.05) is 25.5 Å². The van der Waals surface area contributed by atoms with Gasteiger partial charge >= 0.3 is 0 Å². The van der Waals surface area contributed by atoms with Crippen LogP contribution in [-0.2, 0) is 13.0 Å². The summed E-state index contributed by atoms with van der Waals surface area (Å²) in [6.07, 6.45) is 6.84. The Balaban J connectivity index is 1.99. The molecule has 0 unspecified atom stereocenters. The van der Waals surface area contributed by atoms with Crippen molar-refractivity contribution in [1.29, 1.82) is 0 Å². The van der Waals surface area contributed by atoms with Crippen molar-refractivity contribution >= 4 is 16.5 Å². The van der Waals surface area contributed by atoms with E-state index in [0.29, 0.717) is 0 Å². The van der Waals surface area contributed by atoms with E-state index in [0.717, 1.165) is 48.3 Å². The normalized spacial score (nSPS) is 10.8. The van der Waals surface area contributed by atoms with E-state index in [1.165, 1.54) is 0 Å². The molecule has 18 heavy (non-hydrogen) atoms. The number of aryl methyl sites for hydroxylation is 1. The van der Waals surface area contributed by atoms with Crippen LogP contribution in [0.25, 0.3) is 0 Å². The second-order valence-electron chi connectivity index (χ2n) is 4.14. The molecule has 1 N–H and O–H groups in total. The van der Waals surface area contributed by atoms with Gasteiger partial charge in [-0.2, -0.15) is 0 Å². The summed E-state index contributed by atoms with van der Waals surface area (Å²) in [4.78, 5) is 4.38. The number of nitrogens with zero attached hydrogens (tertiary/aromatic N) is 4. The Kier molecular flexibility index (Phi) is 4.69. The first kappa shape index (κ1) is 13.0. The van der Waals surface area contributed by atoms with Gasteiger partial charge in [-0.1, -0.05) is 25.2 Å². The lowest BCUT2D eigenvalue weighted by Gasteiger charge is -2.03. The molecule has 0 aliphatic rings. The number of nitrogens with one attached hydrogen (secondary N) is 1. The molecule has 0 saturated carbocycles. The first-order chi connectivity index (χ1) is 8.83. The second-order valence-corrected chi connectivity index (χ2v) is 5.20. The number of anilines is 1. The number of imidazole rings is 1. The van der Waals surface area contributed by atoms with Crippen molar-refractivity contribution in [2.24, 2.45) is 0 Å². The van der Waals surface area contributed by atoms with Crippen LogP contribution in [0, 0.1) is 0 Å². The highest BCUT2D eigenvalue weighted by molar-refractivity contribution is 7.15. The van der Waals surface area contributed by atoms with Gasteiger partial charge in [0.1, 0.15) is 10.8 Å². The average molecular weight is 265 g/mol. The maximum atomic E-state index is 4.38. The Morgan fingerprint density at radius 3 is 2.94 bits per heavy atom. The molecular formula is C12H19N5S. The van der Waals surface area contributed by atoms with E-state index < -0.39 is 0 Å². The Labute approximate surface area is 111 Å². The highest BCUT2D eigenvalue weighted by Gasteiger charge is 2.08. The van der Waals surface area contributed by atoms with Crippen LogP contribution in [0.4, 0.5) is 5.13 Å². The first-order valence-electron chi connectivity index (χ1n) is 6.39. The molecule has 2 aromatic heterocycles. The van der Waals surface area contributed by atoms with Crippen LogP contribution < -0.4 is 5.32 Å². The van der Waals surface area contributed by atoms with E-state index in [1.54, 1.807) is 11.3 Å². The van der Waals surface area contributed by atoms with Crippen molar-refractivity contribution in [3.8, 4) is 0 Å². The minimum absolute atomic E-state index is 0.762. The molecule has 0 amide bonds. The van der Waals surface area contributed by atoms with Crippen LogP contribution >= 0.6 is 11.3 Å². The van der Waals surface area contributed by atoms with Crippen molar-refractivity contribution in [3.05, 3.63) is 23.2 Å². The summed E-state index contributed by atoms with van der Waals surface area (Å²) >= 11 is 1.61. The second kappa shape index (κ2) is 6.49. The third-order valence-electron chi connectivity index (χ3n) is 2.57. The van der Waals surface area contributed by atoms with Gasteiger partial charge in [0.05, 0.1) is 6.42 Å². The van der Waals surface area contributed by atoms with Gasteiger partial charge < -0.3 is 9.88 Å². The van der Waals surface area contributed by atoms with Gasteiger partial charge in [-0.05, 0) is 12.8 Å². The zero-order valence-corrected chi connectivity index (χ0v) is 11.7. The Bertz CT molecular complexity index is 476. The predicted molar refractivity (Wildman–Crippen MR) is 74.0 cm³/mol. The Morgan fingerprint density at radius 1 is 1.28 bits per heavy atom. The largest absolute Gasteiger partial charge is 0.360 e. The smallest absolute Gasteiger partial charge is 0.205 e. The molecule has 2 aromatic rings. The summed E-state index contributed by atoms with van der Waals surface area (Å²) in [5.41, 5.74) is 0. The van der Waals surface area contributed by atoms with Crippen LogP contribution in [0.15, 0.2) is 12.4 Å². The minimum atomic E-state index is 0.762. The van der Waals surface area contributed by atoms with Crippen molar-refractivity contribution < 1.29 is 0 Å². The molecule has 0 atom stereocenters. The van der Waals surface area contributed by atoms with Gasteiger partial charge in [0.25, 0.3) is 0 Å². The van der Waals surface area contributed by atoms with Crippen molar-refractivity contribution in [1.82, 2.24) is 19.7 Å². The summed E-state index contributed by atoms with van der Waals surface area (Å²) in [6.45, 7) is 6.26. The standard InChI is InChI=1S/C12H19N5S/c1-3-5-14-12-16-15-11(18-12)9-10-13-6-8-17(10)7-4-2/h6,8H,3-5,7,9H2,1-2H3,(H,14,16). The molecule has 0 aliphatic heterocycles. The molecule has 0 bridgehead atoms. The van der Waals surface area contributed by atoms with Crippen molar-refractivity contribution in [3.63, 3.8) is 0 Å². The van der Waals surface area contributed by atoms with E-state index in [4.69, 9.17) is 0 Å². The Morgan fingerprint density at radius 2 is 2.17 bits per heavy atom. The van der Waals surface area contributed by atoms with Crippen molar-refractivity contribution in [2.45, 2.75) is 39.7 Å². The minimum Gasteiger partial charge on any atom is -0.360 e. The SMILES string of the molecule is CCCNc1nnc(Cc2nccn2CCC)s1. The molecule has 0 aromatic carbocycles. The number of rotatable bonds is 7. The maximum absolute atomic E-state index is 4.38. The van der Waals surface area contributed by atoms with E-state index in [9.17, 15) is 0 Å². The van der Waals surface area contributed by atoms with Crippen molar-refractivity contribution in [2.75, 3.05) is 11.9 Å². The van der Waals surface area contributed by atoms with E-state index in [-0.39, 0.29) is 0 Å². The predicted octanol–water partition coefficient (Wildman–Crippen LogP) is 2.56. The fourth-order valence-corrected chi connectivity index (χ4v) is 2.48. The summed E-state index contributed by atoms with van der Waals surface area (Å²) in [7, 11) is 0. The number of aromatic nitrogens is 4. The highest BCUT2D eigenvalue weighted by Crippen LogP contribution is 2.18. The van der Waals surface area contributed by atoms with E-state index in [1.807, 2.05) is 12.4 Å². The third kappa shape index (κ3) is 3.29. The van der Waals surface area contributed by atoms with Gasteiger partial charge in [0.2, 0.25) is 5.13 Å². The summed E-state index contributed by atoms with van der Waals surface area (Å²) in [6, 6.07) is 0. The molecule has 2 rings (SSSR count). The van der Waals surface area contributed by atoms with E-state index >= 15 is 0 Å². The summed E-state index contributed by atoms with van der Waals surface area (Å²) < 4.78 is 2.18. The lowest BCUT2D eigenvalue weighted by molar-refractivity contribution is 0.645. The third-order valence-corrected chi connectivity index (χ3v) is 3.45. The quantitative estimate of drug-likeness (QED) is 0.836. The molecule has 6 heteroatoms. The highest BCUT2D eigenvalue weighted by atomic mass is 32.1. The molecule has 0 spiro atoms. The Hall–Kier alpha value is -1.43. The van der Waals surface area contributed by atoms with Crippen LogP contribution in [0.5, 0.6) is 0 Å².